The molecule has 0 aliphatic rings. The van der Waals surface area contributed by atoms with E-state index in [4.69, 9.17) is 4.55 Å². The van der Waals surface area contributed by atoms with Crippen LogP contribution >= 0.6 is 0 Å². The van der Waals surface area contributed by atoms with Gasteiger partial charge in [0.15, 0.2) is 0 Å². The lowest BCUT2D eigenvalue weighted by Crippen LogP contribution is -2.49. The minimum absolute atomic E-state index is 0.0679. The SMILES string of the molecule is CC(C)NC(=O)[C@@H](NCCCS(=O)(=O)O)C(C)C. The fourth-order valence-corrected chi connectivity index (χ4v) is 2.03. The van der Waals surface area contributed by atoms with E-state index in [9.17, 15) is 13.2 Å². The van der Waals surface area contributed by atoms with Crippen molar-refractivity contribution in [1.82, 2.24) is 10.6 Å². The molecule has 3 N–H and O–H groups in total. The van der Waals surface area contributed by atoms with Crippen molar-refractivity contribution < 1.29 is 17.8 Å². The summed E-state index contributed by atoms with van der Waals surface area (Å²) < 4.78 is 29.7. The molecule has 1 atom stereocenters. The van der Waals surface area contributed by atoms with Gasteiger partial charge in [-0.15, -0.1) is 0 Å². The molecular weight excluding hydrogens is 256 g/mol. The fourth-order valence-electron chi connectivity index (χ4n) is 1.52. The molecule has 7 heteroatoms. The second kappa shape index (κ2) is 7.70. The molecule has 0 aromatic carbocycles. The predicted molar refractivity (Wildman–Crippen MR) is 70.9 cm³/mol. The lowest BCUT2D eigenvalue weighted by atomic mass is 10.0. The van der Waals surface area contributed by atoms with E-state index >= 15 is 0 Å². The van der Waals surface area contributed by atoms with Crippen LogP contribution in [-0.2, 0) is 14.9 Å². The van der Waals surface area contributed by atoms with Crippen molar-refractivity contribution in [2.75, 3.05) is 12.3 Å². The highest BCUT2D eigenvalue weighted by Gasteiger charge is 2.21. The smallest absolute Gasteiger partial charge is 0.264 e. The molecule has 0 bridgehead atoms. The van der Waals surface area contributed by atoms with E-state index in [2.05, 4.69) is 10.6 Å². The van der Waals surface area contributed by atoms with Gasteiger partial charge in [-0.2, -0.15) is 8.42 Å². The predicted octanol–water partition coefficient (Wildman–Crippen LogP) is 0.403. The number of nitrogens with one attached hydrogen (secondary N) is 2. The summed E-state index contributed by atoms with van der Waals surface area (Å²) in [5.74, 6) is -0.280. The van der Waals surface area contributed by atoms with Crippen molar-refractivity contribution >= 4 is 16.0 Å². The molecule has 0 aliphatic heterocycles. The lowest BCUT2D eigenvalue weighted by Gasteiger charge is -2.22. The number of amides is 1. The van der Waals surface area contributed by atoms with E-state index in [1.54, 1.807) is 0 Å². The van der Waals surface area contributed by atoms with Crippen molar-refractivity contribution in [2.45, 2.75) is 46.2 Å². The van der Waals surface area contributed by atoms with Gasteiger partial charge in [0, 0.05) is 6.04 Å². The molecule has 18 heavy (non-hydrogen) atoms. The average Bonchev–Trinajstić information content (AvgIpc) is 2.13. The molecule has 0 heterocycles. The van der Waals surface area contributed by atoms with E-state index in [0.29, 0.717) is 6.54 Å². The molecule has 0 radical (unpaired) electrons. The topological polar surface area (TPSA) is 95.5 Å². The zero-order valence-corrected chi connectivity index (χ0v) is 12.3. The molecule has 1 amide bonds. The number of hydrogen-bond acceptors (Lipinski definition) is 4. The Morgan fingerprint density at radius 1 is 1.22 bits per heavy atom. The summed E-state index contributed by atoms with van der Waals surface area (Å²) in [6.45, 7) is 7.97. The highest BCUT2D eigenvalue weighted by atomic mass is 32.2. The third-order valence-electron chi connectivity index (χ3n) is 2.32. The van der Waals surface area contributed by atoms with Gasteiger partial charge in [0.25, 0.3) is 10.1 Å². The number of carbonyl (C=O) groups excluding carboxylic acids is 1. The van der Waals surface area contributed by atoms with E-state index in [-0.39, 0.29) is 36.1 Å². The summed E-state index contributed by atoms with van der Waals surface area (Å²) in [7, 11) is -3.92. The summed E-state index contributed by atoms with van der Waals surface area (Å²) in [5, 5.41) is 5.82. The fraction of sp³-hybridized carbons (Fsp3) is 0.909. The molecule has 0 spiro atoms. The Kier molecular flexibility index (Phi) is 7.42. The first kappa shape index (κ1) is 17.3. The van der Waals surface area contributed by atoms with Crippen LogP contribution in [0.25, 0.3) is 0 Å². The average molecular weight is 280 g/mol. The Hall–Kier alpha value is -0.660. The molecule has 0 aliphatic carbocycles. The first-order valence-corrected chi connectivity index (χ1v) is 7.73. The number of carbonyl (C=O) groups is 1. The van der Waals surface area contributed by atoms with Gasteiger partial charge < -0.3 is 10.6 Å². The Balaban J connectivity index is 4.17. The lowest BCUT2D eigenvalue weighted by molar-refractivity contribution is -0.124. The first-order chi connectivity index (χ1) is 8.13. The van der Waals surface area contributed by atoms with Crippen molar-refractivity contribution in [2.24, 2.45) is 5.92 Å². The van der Waals surface area contributed by atoms with Gasteiger partial charge in [0.2, 0.25) is 5.91 Å². The van der Waals surface area contributed by atoms with E-state index in [0.717, 1.165) is 0 Å². The normalized spacial score (nSPS) is 13.9. The van der Waals surface area contributed by atoms with Gasteiger partial charge in [-0.3, -0.25) is 9.35 Å². The molecule has 108 valence electrons. The van der Waals surface area contributed by atoms with E-state index in [1.807, 2.05) is 27.7 Å². The monoisotopic (exact) mass is 280 g/mol. The van der Waals surface area contributed by atoms with E-state index in [1.165, 1.54) is 0 Å². The Morgan fingerprint density at radius 3 is 2.17 bits per heavy atom. The number of hydrogen-bond donors (Lipinski definition) is 3. The Bertz CT molecular complexity index is 352. The molecule has 0 unspecified atom stereocenters. The minimum atomic E-state index is -3.92. The van der Waals surface area contributed by atoms with Crippen molar-refractivity contribution in [3.8, 4) is 0 Å². The van der Waals surface area contributed by atoms with Crippen LogP contribution in [0, 0.1) is 5.92 Å². The largest absolute Gasteiger partial charge is 0.353 e. The van der Waals surface area contributed by atoms with Crippen LogP contribution < -0.4 is 10.6 Å². The molecule has 0 rings (SSSR count). The van der Waals surface area contributed by atoms with Gasteiger partial charge in [-0.1, -0.05) is 13.8 Å². The maximum absolute atomic E-state index is 11.8. The van der Waals surface area contributed by atoms with E-state index < -0.39 is 10.1 Å². The Morgan fingerprint density at radius 2 is 1.78 bits per heavy atom. The third kappa shape index (κ3) is 8.43. The summed E-state index contributed by atoms with van der Waals surface area (Å²) in [6, 6.07) is -0.285. The zero-order chi connectivity index (χ0) is 14.3. The highest BCUT2D eigenvalue weighted by Crippen LogP contribution is 2.02. The van der Waals surface area contributed by atoms with Crippen molar-refractivity contribution in [3.63, 3.8) is 0 Å². The van der Waals surface area contributed by atoms with Crippen molar-refractivity contribution in [3.05, 3.63) is 0 Å². The minimum Gasteiger partial charge on any atom is -0.353 e. The summed E-state index contributed by atoms with van der Waals surface area (Å²) >= 11 is 0. The van der Waals surface area contributed by atoms with Crippen LogP contribution in [0.2, 0.25) is 0 Å². The molecule has 6 nitrogen and oxygen atoms in total. The molecule has 0 aromatic heterocycles. The van der Waals surface area contributed by atoms with Gasteiger partial charge in [-0.05, 0) is 32.7 Å². The van der Waals surface area contributed by atoms with Crippen LogP contribution in [0.5, 0.6) is 0 Å². The standard InChI is InChI=1S/C11H24N2O4S/c1-8(2)10(11(14)13-9(3)4)12-6-5-7-18(15,16)17/h8-10,12H,5-7H2,1-4H3,(H,13,14)(H,15,16,17)/t10-/m0/s1. The summed E-state index contributed by atoms with van der Waals surface area (Å²) in [6.07, 6.45) is 0.275. The highest BCUT2D eigenvalue weighted by molar-refractivity contribution is 7.85. The summed E-state index contributed by atoms with van der Waals surface area (Å²) in [5.41, 5.74) is 0. The van der Waals surface area contributed by atoms with Gasteiger partial charge in [0.1, 0.15) is 0 Å². The van der Waals surface area contributed by atoms with Crippen LogP contribution in [0.1, 0.15) is 34.1 Å². The van der Waals surface area contributed by atoms with Crippen LogP contribution in [0.3, 0.4) is 0 Å². The van der Waals surface area contributed by atoms with Gasteiger partial charge in [-0.25, -0.2) is 0 Å². The van der Waals surface area contributed by atoms with Crippen LogP contribution in [0.4, 0.5) is 0 Å². The first-order valence-electron chi connectivity index (χ1n) is 6.12. The van der Waals surface area contributed by atoms with Crippen molar-refractivity contribution in [1.29, 1.82) is 0 Å². The van der Waals surface area contributed by atoms with Crippen LogP contribution in [0.15, 0.2) is 0 Å². The van der Waals surface area contributed by atoms with Crippen LogP contribution in [-0.4, -0.2) is 43.3 Å². The number of rotatable bonds is 8. The maximum atomic E-state index is 11.8. The zero-order valence-electron chi connectivity index (χ0n) is 11.4. The quantitative estimate of drug-likeness (QED) is 0.442. The van der Waals surface area contributed by atoms with Gasteiger partial charge >= 0.3 is 0 Å². The van der Waals surface area contributed by atoms with Gasteiger partial charge in [0.05, 0.1) is 11.8 Å². The summed E-state index contributed by atoms with van der Waals surface area (Å²) in [4.78, 5) is 11.8. The second-order valence-corrected chi connectivity index (χ2v) is 6.55. The molecule has 0 saturated carbocycles. The molecule has 0 fully saturated rings. The molecule has 0 saturated heterocycles. The molecular formula is C11H24N2O4S. The molecule has 0 aromatic rings. The Labute approximate surface area is 109 Å². The maximum Gasteiger partial charge on any atom is 0.264 e. The second-order valence-electron chi connectivity index (χ2n) is 4.98. The third-order valence-corrected chi connectivity index (χ3v) is 3.13.